The zero-order chi connectivity index (χ0) is 10.1. The van der Waals surface area contributed by atoms with Crippen molar-refractivity contribution in [3.05, 3.63) is 36.5 Å². The van der Waals surface area contributed by atoms with Crippen molar-refractivity contribution in [1.29, 1.82) is 0 Å². The summed E-state index contributed by atoms with van der Waals surface area (Å²) in [5.41, 5.74) is 2.01. The summed E-state index contributed by atoms with van der Waals surface area (Å²) in [7, 11) is 4.01. The molecule has 2 nitrogen and oxygen atoms in total. The van der Waals surface area contributed by atoms with Crippen molar-refractivity contribution in [2.45, 2.75) is 0 Å². The topological polar surface area (TPSA) is 16.1 Å². The lowest BCUT2D eigenvalue weighted by Gasteiger charge is -2.14. The molecule has 0 saturated heterocycles. The fraction of sp³-hybridized carbons (Fsp3) is 0.182. The molecule has 2 aromatic rings. The maximum absolute atomic E-state index is 7.43. The van der Waals surface area contributed by atoms with E-state index in [1.54, 1.807) is 6.07 Å². The highest BCUT2D eigenvalue weighted by molar-refractivity contribution is 5.91. The van der Waals surface area contributed by atoms with Crippen LogP contribution in [0.3, 0.4) is 0 Å². The Labute approximate surface area is 79.2 Å². The van der Waals surface area contributed by atoms with E-state index in [1.165, 1.54) is 0 Å². The van der Waals surface area contributed by atoms with Gasteiger partial charge in [-0.05, 0) is 24.3 Å². The quantitative estimate of drug-likeness (QED) is 0.657. The molecule has 0 radical (unpaired) electrons. The van der Waals surface area contributed by atoms with Gasteiger partial charge in [0.25, 0.3) is 0 Å². The van der Waals surface area contributed by atoms with E-state index in [9.17, 15) is 0 Å². The van der Waals surface area contributed by atoms with Crippen LogP contribution >= 0.6 is 0 Å². The van der Waals surface area contributed by atoms with Gasteiger partial charge < -0.3 is 4.90 Å². The van der Waals surface area contributed by atoms with Crippen LogP contribution < -0.4 is 4.90 Å². The van der Waals surface area contributed by atoms with Crippen LogP contribution in [-0.2, 0) is 0 Å². The van der Waals surface area contributed by atoms with Gasteiger partial charge in [0.15, 0.2) is 0 Å². The van der Waals surface area contributed by atoms with Crippen molar-refractivity contribution in [2.75, 3.05) is 19.0 Å². The predicted molar refractivity (Wildman–Crippen MR) is 56.1 cm³/mol. The first-order chi connectivity index (χ1) is 6.68. The summed E-state index contributed by atoms with van der Waals surface area (Å²) in [6, 6.07) is 9.60. The van der Waals surface area contributed by atoms with Crippen LogP contribution in [0.2, 0.25) is 0 Å². The molecular formula is C11H12N2. The lowest BCUT2D eigenvalue weighted by molar-refractivity contribution is 1.14. The predicted octanol–water partition coefficient (Wildman–Crippen LogP) is 2.30. The Bertz CT molecular complexity index is 466. The van der Waals surface area contributed by atoms with Crippen molar-refractivity contribution in [1.82, 2.24) is 4.98 Å². The molecule has 0 N–H and O–H groups in total. The van der Waals surface area contributed by atoms with Gasteiger partial charge in [0.05, 0.1) is 6.89 Å². The van der Waals surface area contributed by atoms with Crippen LogP contribution in [0.25, 0.3) is 10.9 Å². The number of fused-ring (bicyclic) bond motifs is 1. The summed E-state index contributed by atoms with van der Waals surface area (Å²) < 4.78 is 7.43. The zero-order valence-electron chi connectivity index (χ0n) is 8.78. The zero-order valence-corrected chi connectivity index (χ0v) is 7.78. The fourth-order valence-electron chi connectivity index (χ4n) is 1.43. The number of aromatic nitrogens is 1. The number of hydrogen-bond acceptors (Lipinski definition) is 2. The van der Waals surface area contributed by atoms with Crippen LogP contribution in [-0.4, -0.2) is 19.1 Å². The molecule has 0 aliphatic carbocycles. The lowest BCUT2D eigenvalue weighted by atomic mass is 10.2. The molecular weight excluding hydrogens is 160 g/mol. The Kier molecular flexibility index (Phi) is 1.62. The molecule has 0 unspecified atom stereocenters. The van der Waals surface area contributed by atoms with E-state index in [1.807, 2.05) is 43.3 Å². The van der Waals surface area contributed by atoms with Crippen molar-refractivity contribution >= 4 is 16.6 Å². The van der Waals surface area contributed by atoms with Crippen LogP contribution in [0.15, 0.2) is 36.5 Å². The normalized spacial score (nSPS) is 11.4. The minimum absolute atomic E-state index is 0.313. The number of benzene rings is 1. The number of anilines is 1. The Morgan fingerprint density at radius 2 is 2.08 bits per heavy atom. The number of rotatable bonds is 1. The highest BCUT2D eigenvalue weighted by atomic mass is 15.1. The molecule has 2 heteroatoms. The van der Waals surface area contributed by atoms with Gasteiger partial charge in [0.2, 0.25) is 0 Å². The average molecular weight is 173 g/mol. The first-order valence-electron chi connectivity index (χ1n) is 4.72. The van der Waals surface area contributed by atoms with Crippen molar-refractivity contribution < 1.29 is 1.37 Å². The first-order valence-corrected chi connectivity index (χ1v) is 4.22. The fourth-order valence-corrected chi connectivity index (χ4v) is 1.43. The molecule has 0 amide bonds. The lowest BCUT2D eigenvalue weighted by Crippen LogP contribution is -2.08. The van der Waals surface area contributed by atoms with E-state index in [0.717, 1.165) is 16.6 Å². The van der Waals surface area contributed by atoms with Crippen molar-refractivity contribution in [3.63, 3.8) is 0 Å². The van der Waals surface area contributed by atoms with Crippen LogP contribution in [0.5, 0.6) is 0 Å². The molecule has 0 bridgehead atoms. The van der Waals surface area contributed by atoms with Gasteiger partial charge in [-0.25, -0.2) is 0 Å². The van der Waals surface area contributed by atoms with Gasteiger partial charge >= 0.3 is 0 Å². The van der Waals surface area contributed by atoms with Gasteiger partial charge in [-0.3, -0.25) is 4.98 Å². The number of hydrogen-bond donors (Lipinski definition) is 0. The summed E-state index contributed by atoms with van der Waals surface area (Å²) in [5, 5.41) is 1.09. The monoisotopic (exact) mass is 173 g/mol. The Balaban J connectivity index is 2.75. The molecule has 13 heavy (non-hydrogen) atoms. The third kappa shape index (κ3) is 1.35. The number of pyridine rings is 1. The van der Waals surface area contributed by atoms with Gasteiger partial charge in [-0.15, -0.1) is 0 Å². The minimum Gasteiger partial charge on any atom is -0.377 e. The standard InChI is InChI=1S/C11H12N2/c1-13(2)11-7-3-6-10-9(11)5-4-8-12-10/h3-8H,1-2H3/i8D. The van der Waals surface area contributed by atoms with Crippen molar-refractivity contribution in [3.8, 4) is 0 Å². The molecule has 2 rings (SSSR count). The highest BCUT2D eigenvalue weighted by Crippen LogP contribution is 2.22. The largest absolute Gasteiger partial charge is 0.377 e. The van der Waals surface area contributed by atoms with E-state index in [2.05, 4.69) is 4.98 Å². The molecule has 0 atom stereocenters. The molecule has 0 aliphatic rings. The smallest absolute Gasteiger partial charge is 0.0840 e. The molecule has 0 saturated carbocycles. The first kappa shape index (κ1) is 6.89. The van der Waals surface area contributed by atoms with E-state index in [4.69, 9.17) is 1.37 Å². The summed E-state index contributed by atoms with van der Waals surface area (Å²) in [6.45, 7) is 0. The van der Waals surface area contributed by atoms with Crippen molar-refractivity contribution in [2.24, 2.45) is 0 Å². The molecule has 1 heterocycles. The van der Waals surface area contributed by atoms with Crippen LogP contribution in [0, 0.1) is 0 Å². The minimum atomic E-state index is 0.313. The van der Waals surface area contributed by atoms with Gasteiger partial charge in [-0.1, -0.05) is 6.07 Å². The highest BCUT2D eigenvalue weighted by Gasteiger charge is 2.00. The van der Waals surface area contributed by atoms with E-state index >= 15 is 0 Å². The molecule has 0 spiro atoms. The van der Waals surface area contributed by atoms with Gasteiger partial charge in [0.1, 0.15) is 0 Å². The maximum atomic E-state index is 7.43. The van der Waals surface area contributed by atoms with E-state index in [-0.39, 0.29) is 0 Å². The second kappa shape index (κ2) is 3.05. The van der Waals surface area contributed by atoms with Crippen LogP contribution in [0.1, 0.15) is 1.37 Å². The third-order valence-corrected chi connectivity index (χ3v) is 2.05. The second-order valence-corrected chi connectivity index (χ2v) is 3.18. The Hall–Kier alpha value is -1.57. The summed E-state index contributed by atoms with van der Waals surface area (Å²) in [5.74, 6) is 0. The summed E-state index contributed by atoms with van der Waals surface area (Å²) in [4.78, 5) is 6.21. The van der Waals surface area contributed by atoms with Gasteiger partial charge in [0, 0.05) is 31.3 Å². The molecule has 0 fully saturated rings. The molecule has 1 aromatic heterocycles. The maximum Gasteiger partial charge on any atom is 0.0840 e. The molecule has 66 valence electrons. The molecule has 0 aliphatic heterocycles. The average Bonchev–Trinajstić information content (AvgIpc) is 2.16. The molecule has 1 aromatic carbocycles. The van der Waals surface area contributed by atoms with Gasteiger partial charge in [-0.2, -0.15) is 0 Å². The number of nitrogens with zero attached hydrogens (tertiary/aromatic N) is 2. The second-order valence-electron chi connectivity index (χ2n) is 3.18. The van der Waals surface area contributed by atoms with Crippen LogP contribution in [0.4, 0.5) is 5.69 Å². The SMILES string of the molecule is [2H]c1ccc2c(N(C)C)cccc2n1. The summed E-state index contributed by atoms with van der Waals surface area (Å²) in [6.07, 6.45) is 0.313. The Morgan fingerprint density at radius 1 is 1.23 bits per heavy atom. The van der Waals surface area contributed by atoms with E-state index in [0.29, 0.717) is 6.17 Å². The third-order valence-electron chi connectivity index (χ3n) is 2.05. The summed E-state index contributed by atoms with van der Waals surface area (Å²) >= 11 is 0. The Morgan fingerprint density at radius 3 is 2.85 bits per heavy atom. The van der Waals surface area contributed by atoms with E-state index < -0.39 is 0 Å².